The number of halogens is 1. The molecule has 1 aliphatic rings. The third-order valence-corrected chi connectivity index (χ3v) is 5.56. The van der Waals surface area contributed by atoms with Crippen LogP contribution in [0.1, 0.15) is 28.2 Å². The maximum Gasteiger partial charge on any atom is 0.227 e. The van der Waals surface area contributed by atoms with Crippen molar-refractivity contribution >= 4 is 18.3 Å². The highest BCUT2D eigenvalue weighted by molar-refractivity contribution is 5.85. The molecule has 0 saturated carbocycles. The van der Waals surface area contributed by atoms with Gasteiger partial charge in [-0.05, 0) is 43.4 Å². The van der Waals surface area contributed by atoms with E-state index in [-0.39, 0.29) is 18.3 Å². The van der Waals surface area contributed by atoms with Crippen molar-refractivity contribution in [3.05, 3.63) is 82.8 Å². The number of methoxy groups -OCH3 is 1. The molecule has 2 heterocycles. The Bertz CT molecular complexity index is 1070. The molecule has 0 spiro atoms. The lowest BCUT2D eigenvalue weighted by molar-refractivity contribution is -0.131. The average Bonchev–Trinajstić information content (AvgIpc) is 3.19. The fourth-order valence-electron chi connectivity index (χ4n) is 3.96. The van der Waals surface area contributed by atoms with Crippen LogP contribution in [0.25, 0.3) is 0 Å². The number of hydrogen-bond donors (Lipinski definition) is 0. The second kappa shape index (κ2) is 11.3. The van der Waals surface area contributed by atoms with Crippen molar-refractivity contribution in [2.75, 3.05) is 27.7 Å². The topological polar surface area (TPSA) is 55.2 Å². The summed E-state index contributed by atoms with van der Waals surface area (Å²) < 4.78 is 17.4. The van der Waals surface area contributed by atoms with Crippen LogP contribution in [0.15, 0.2) is 59.0 Å². The number of ether oxygens (including phenoxy) is 2. The molecule has 0 bridgehead atoms. The third-order valence-electron chi connectivity index (χ3n) is 5.56. The van der Waals surface area contributed by atoms with Crippen molar-refractivity contribution < 1.29 is 18.7 Å². The van der Waals surface area contributed by atoms with Crippen molar-refractivity contribution in [2.45, 2.75) is 32.5 Å². The van der Waals surface area contributed by atoms with E-state index in [2.05, 4.69) is 11.0 Å². The Balaban J connectivity index is 0.00000306. The summed E-state index contributed by atoms with van der Waals surface area (Å²) in [5.41, 5.74) is 3.11. The smallest absolute Gasteiger partial charge is 0.227 e. The zero-order chi connectivity index (χ0) is 22.5. The van der Waals surface area contributed by atoms with Crippen LogP contribution in [-0.4, -0.2) is 43.5 Å². The Hall–Kier alpha value is -2.96. The van der Waals surface area contributed by atoms with E-state index in [1.54, 1.807) is 7.11 Å². The van der Waals surface area contributed by atoms with E-state index in [1.165, 1.54) is 0 Å². The van der Waals surface area contributed by atoms with Gasteiger partial charge in [0.05, 0.1) is 20.1 Å². The second-order valence-corrected chi connectivity index (χ2v) is 8.40. The first-order chi connectivity index (χ1) is 15.5. The second-order valence-electron chi connectivity index (χ2n) is 8.40. The van der Waals surface area contributed by atoms with Gasteiger partial charge in [-0.15, -0.1) is 12.4 Å². The number of benzene rings is 2. The van der Waals surface area contributed by atoms with Gasteiger partial charge in [-0.3, -0.25) is 4.79 Å². The summed E-state index contributed by atoms with van der Waals surface area (Å²) in [5, 5.41) is 0. The van der Waals surface area contributed by atoms with E-state index < -0.39 is 0 Å². The molecule has 1 aliphatic heterocycles. The number of nitrogens with zero attached hydrogens (tertiary/aromatic N) is 2. The zero-order valence-electron chi connectivity index (χ0n) is 19.4. The highest BCUT2D eigenvalue weighted by Gasteiger charge is 2.24. The first-order valence-corrected chi connectivity index (χ1v) is 10.9. The van der Waals surface area contributed by atoms with Crippen molar-refractivity contribution in [2.24, 2.45) is 0 Å². The summed E-state index contributed by atoms with van der Waals surface area (Å²) in [6.45, 7) is 2.50. The first-order valence-electron chi connectivity index (χ1n) is 10.9. The van der Waals surface area contributed by atoms with Gasteiger partial charge in [-0.25, -0.2) is 0 Å². The first kappa shape index (κ1) is 24.7. The van der Waals surface area contributed by atoms with Crippen molar-refractivity contribution in [3.8, 4) is 11.5 Å². The van der Waals surface area contributed by atoms with Gasteiger partial charge in [0, 0.05) is 25.1 Å². The SMILES string of the molecule is COc1cc(CC(=O)N2CCc3oc(CN(C)C)cc3C2)ccc1OCc1ccccc1.Cl. The van der Waals surface area contributed by atoms with Crippen LogP contribution >= 0.6 is 12.4 Å². The normalized spacial score (nSPS) is 12.8. The molecule has 0 fully saturated rings. The van der Waals surface area contributed by atoms with E-state index in [0.717, 1.165) is 41.2 Å². The molecule has 2 aromatic carbocycles. The summed E-state index contributed by atoms with van der Waals surface area (Å²) in [6.07, 6.45) is 1.08. The number of fused-ring (bicyclic) bond motifs is 1. The lowest BCUT2D eigenvalue weighted by Gasteiger charge is -2.26. The molecule has 0 atom stereocenters. The fourth-order valence-corrected chi connectivity index (χ4v) is 3.96. The average molecular weight is 471 g/mol. The number of carbonyl (C=O) groups is 1. The minimum absolute atomic E-state index is 0. The van der Waals surface area contributed by atoms with Crippen LogP contribution in [0.4, 0.5) is 0 Å². The molecule has 0 aliphatic carbocycles. The predicted molar refractivity (Wildman–Crippen MR) is 130 cm³/mol. The molecule has 7 heteroatoms. The Kier molecular flexibility index (Phi) is 8.42. The van der Waals surface area contributed by atoms with Crippen LogP contribution in [-0.2, 0) is 37.3 Å². The Morgan fingerprint density at radius 1 is 1.06 bits per heavy atom. The van der Waals surface area contributed by atoms with E-state index in [1.807, 2.05) is 67.5 Å². The molecule has 33 heavy (non-hydrogen) atoms. The highest BCUT2D eigenvalue weighted by Crippen LogP contribution is 2.30. The molecule has 0 saturated heterocycles. The zero-order valence-corrected chi connectivity index (χ0v) is 20.2. The highest BCUT2D eigenvalue weighted by atomic mass is 35.5. The Morgan fingerprint density at radius 3 is 2.58 bits per heavy atom. The van der Waals surface area contributed by atoms with Crippen LogP contribution in [0.2, 0.25) is 0 Å². The van der Waals surface area contributed by atoms with Gasteiger partial charge in [-0.2, -0.15) is 0 Å². The van der Waals surface area contributed by atoms with E-state index in [0.29, 0.717) is 37.6 Å². The molecular formula is C26H31ClN2O4. The number of hydrogen-bond acceptors (Lipinski definition) is 5. The van der Waals surface area contributed by atoms with Crippen LogP contribution in [0.3, 0.4) is 0 Å². The predicted octanol–water partition coefficient (Wildman–Crippen LogP) is 4.48. The molecule has 6 nitrogen and oxygen atoms in total. The lowest BCUT2D eigenvalue weighted by atomic mass is 10.1. The molecular weight excluding hydrogens is 440 g/mol. The van der Waals surface area contributed by atoms with E-state index >= 15 is 0 Å². The van der Waals surface area contributed by atoms with Crippen molar-refractivity contribution in [1.82, 2.24) is 9.80 Å². The van der Waals surface area contributed by atoms with Crippen LogP contribution < -0.4 is 9.47 Å². The Labute approximate surface area is 201 Å². The molecule has 0 radical (unpaired) electrons. The van der Waals surface area contributed by atoms with E-state index in [4.69, 9.17) is 13.9 Å². The fraction of sp³-hybridized carbons (Fsp3) is 0.346. The van der Waals surface area contributed by atoms with Crippen LogP contribution in [0, 0.1) is 0 Å². The van der Waals surface area contributed by atoms with Gasteiger partial charge in [-0.1, -0.05) is 36.4 Å². The number of furan rings is 1. The molecule has 3 aromatic rings. The number of rotatable bonds is 8. The van der Waals surface area contributed by atoms with Crippen molar-refractivity contribution in [1.29, 1.82) is 0 Å². The van der Waals surface area contributed by atoms with Gasteiger partial charge in [0.15, 0.2) is 11.5 Å². The maximum atomic E-state index is 13.0. The summed E-state index contributed by atoms with van der Waals surface area (Å²) in [6, 6.07) is 17.8. The maximum absolute atomic E-state index is 13.0. The molecule has 0 unspecified atom stereocenters. The lowest BCUT2D eigenvalue weighted by Crippen LogP contribution is -2.36. The van der Waals surface area contributed by atoms with Gasteiger partial charge in [0.2, 0.25) is 5.91 Å². The molecule has 0 N–H and O–H groups in total. The molecule has 1 amide bonds. The summed E-state index contributed by atoms with van der Waals surface area (Å²) in [7, 11) is 5.65. The number of amides is 1. The summed E-state index contributed by atoms with van der Waals surface area (Å²) in [5.74, 6) is 3.36. The number of carbonyl (C=O) groups excluding carboxylic acids is 1. The van der Waals surface area contributed by atoms with Gasteiger partial charge >= 0.3 is 0 Å². The molecule has 176 valence electrons. The van der Waals surface area contributed by atoms with Crippen molar-refractivity contribution in [3.63, 3.8) is 0 Å². The van der Waals surface area contributed by atoms with E-state index in [9.17, 15) is 4.79 Å². The minimum atomic E-state index is 0. The summed E-state index contributed by atoms with van der Waals surface area (Å²) >= 11 is 0. The largest absolute Gasteiger partial charge is 0.493 e. The van der Waals surface area contributed by atoms with Gasteiger partial charge < -0.3 is 23.7 Å². The van der Waals surface area contributed by atoms with Gasteiger partial charge in [0.1, 0.15) is 18.1 Å². The van der Waals surface area contributed by atoms with Gasteiger partial charge in [0.25, 0.3) is 0 Å². The minimum Gasteiger partial charge on any atom is -0.493 e. The third kappa shape index (κ3) is 6.30. The monoisotopic (exact) mass is 470 g/mol. The molecule has 4 rings (SSSR count). The van der Waals surface area contributed by atoms with Crippen LogP contribution in [0.5, 0.6) is 11.5 Å². The standard InChI is InChI=1S/C26H30N2O4.ClH/c1-27(2)17-22-15-21-16-28(12-11-23(21)32-22)26(29)14-20-9-10-24(25(13-20)30-3)31-18-19-7-5-4-6-8-19;/h4-10,13,15H,11-12,14,16-18H2,1-3H3;1H. The molecule has 1 aromatic heterocycles. The summed E-state index contributed by atoms with van der Waals surface area (Å²) in [4.78, 5) is 17.0. The Morgan fingerprint density at radius 2 is 1.85 bits per heavy atom. The quantitative estimate of drug-likeness (QED) is 0.486.